The van der Waals surface area contributed by atoms with Crippen molar-refractivity contribution in [2.24, 2.45) is 5.73 Å². The van der Waals surface area contributed by atoms with E-state index in [1.165, 1.54) is 12.3 Å². The Kier molecular flexibility index (Phi) is 5.82. The van der Waals surface area contributed by atoms with Crippen molar-refractivity contribution in [3.63, 3.8) is 0 Å². The van der Waals surface area contributed by atoms with E-state index in [4.69, 9.17) is 15.6 Å². The normalized spacial score (nSPS) is 18.0. The van der Waals surface area contributed by atoms with E-state index in [0.717, 1.165) is 12.3 Å². The summed E-state index contributed by atoms with van der Waals surface area (Å²) in [6.45, 7) is 0. The van der Waals surface area contributed by atoms with Crippen molar-refractivity contribution in [3.05, 3.63) is 30.2 Å². The van der Waals surface area contributed by atoms with Crippen LogP contribution in [-0.4, -0.2) is 54.1 Å². The number of carboxylic acid groups (broad SMARTS) is 1. The van der Waals surface area contributed by atoms with Gasteiger partial charge in [-0.15, -0.1) is 0 Å². The number of aromatic nitrogens is 2. The minimum absolute atomic E-state index is 0.324. The average Bonchev–Trinajstić information content (AvgIpc) is 3.04. The molecule has 0 radical (unpaired) electrons. The minimum Gasteiger partial charge on any atom is -0.480 e. The Morgan fingerprint density at radius 3 is 2.67 bits per heavy atom. The maximum absolute atomic E-state index is 13.6. The number of pyridine rings is 1. The molecule has 0 saturated heterocycles. The number of carbonyl (C=O) groups is 1. The Morgan fingerprint density at radius 1 is 1.41 bits per heavy atom. The lowest BCUT2D eigenvalue weighted by atomic mass is 9.94. The van der Waals surface area contributed by atoms with Gasteiger partial charge in [0, 0.05) is 39.2 Å². The molecule has 0 aliphatic rings. The van der Waals surface area contributed by atoms with Crippen LogP contribution >= 0.6 is 0 Å². The molecule has 0 amide bonds. The molecule has 0 aliphatic carbocycles. The summed E-state index contributed by atoms with van der Waals surface area (Å²) in [5, 5.41) is 19.4. The molecule has 3 atom stereocenters. The standard InChI is InChI=1S/C15H19F3N4O4S/c16-15(17,18)14(25,12-7-9-1-4-21-11(9)8-22-12)3-6-27(20,26)5-2-10(19)13(23)24/h1,4,7-8,10,20-21,25H,2-3,5-6,19H2,(H,23,24)/t10-,14?,27?/m0/s1. The van der Waals surface area contributed by atoms with Crippen molar-refractivity contribution in [1.82, 2.24) is 9.97 Å². The van der Waals surface area contributed by atoms with E-state index >= 15 is 0 Å². The summed E-state index contributed by atoms with van der Waals surface area (Å²) in [4.78, 5) is 17.1. The number of hydrogen-bond donors (Lipinski definition) is 5. The fourth-order valence-corrected chi connectivity index (χ4v) is 3.91. The Labute approximate surface area is 152 Å². The highest BCUT2D eigenvalue weighted by atomic mass is 32.2. The van der Waals surface area contributed by atoms with Gasteiger partial charge in [0.1, 0.15) is 6.04 Å². The Bertz CT molecular complexity index is 929. The number of fused-ring (bicyclic) bond motifs is 1. The molecule has 0 aliphatic heterocycles. The number of aliphatic hydroxyl groups is 1. The summed E-state index contributed by atoms with van der Waals surface area (Å²) in [6, 6.07) is 1.22. The van der Waals surface area contributed by atoms with E-state index in [2.05, 4.69) is 9.97 Å². The van der Waals surface area contributed by atoms with Crippen LogP contribution in [0, 0.1) is 4.78 Å². The lowest BCUT2D eigenvalue weighted by molar-refractivity contribution is -0.268. The van der Waals surface area contributed by atoms with Crippen molar-refractivity contribution in [2.45, 2.75) is 30.7 Å². The Balaban J connectivity index is 2.22. The number of rotatable bonds is 8. The van der Waals surface area contributed by atoms with Gasteiger partial charge in [0.15, 0.2) is 0 Å². The highest BCUT2D eigenvalue weighted by molar-refractivity contribution is 7.92. The van der Waals surface area contributed by atoms with Gasteiger partial charge in [0.2, 0.25) is 5.60 Å². The van der Waals surface area contributed by atoms with Gasteiger partial charge >= 0.3 is 12.1 Å². The van der Waals surface area contributed by atoms with Crippen molar-refractivity contribution < 1.29 is 32.4 Å². The fourth-order valence-electron chi connectivity index (χ4n) is 2.45. The molecule has 0 bridgehead atoms. The molecule has 0 saturated carbocycles. The van der Waals surface area contributed by atoms with Gasteiger partial charge < -0.3 is 20.9 Å². The number of halogens is 3. The molecule has 2 aromatic heterocycles. The van der Waals surface area contributed by atoms with E-state index in [-0.39, 0.29) is 6.42 Å². The number of nitrogens with zero attached hydrogens (tertiary/aromatic N) is 1. The van der Waals surface area contributed by atoms with Gasteiger partial charge in [-0.3, -0.25) is 14.6 Å². The number of aliphatic carboxylic acids is 1. The molecule has 6 N–H and O–H groups in total. The zero-order chi connectivity index (χ0) is 20.5. The van der Waals surface area contributed by atoms with E-state index in [0.29, 0.717) is 10.9 Å². The first kappa shape index (κ1) is 21.1. The van der Waals surface area contributed by atoms with Crippen LogP contribution in [0.3, 0.4) is 0 Å². The van der Waals surface area contributed by atoms with Crippen LogP contribution in [0.5, 0.6) is 0 Å². The molecule has 2 unspecified atom stereocenters. The summed E-state index contributed by atoms with van der Waals surface area (Å²) >= 11 is 0. The molecule has 0 aromatic carbocycles. The SMILES string of the molecule is N=S(=O)(CC[C@H](N)C(=O)O)CCC(O)(c1cc2cc[nH]c2cn1)C(F)(F)F. The molecular formula is C15H19F3N4O4S. The molecule has 12 heteroatoms. The number of carboxylic acids is 1. The van der Waals surface area contributed by atoms with Gasteiger partial charge in [-0.2, -0.15) is 13.2 Å². The molecule has 150 valence electrons. The summed E-state index contributed by atoms with van der Waals surface area (Å²) in [5.41, 5.74) is 1.68. The second-order valence-corrected chi connectivity index (χ2v) is 8.64. The van der Waals surface area contributed by atoms with Crippen molar-refractivity contribution in [2.75, 3.05) is 11.5 Å². The highest BCUT2D eigenvalue weighted by Gasteiger charge is 2.56. The molecule has 0 fully saturated rings. The molecule has 2 heterocycles. The summed E-state index contributed by atoms with van der Waals surface area (Å²) in [6.07, 6.45) is -3.84. The van der Waals surface area contributed by atoms with Crippen LogP contribution in [0.1, 0.15) is 18.5 Å². The van der Waals surface area contributed by atoms with E-state index in [1.54, 1.807) is 0 Å². The van der Waals surface area contributed by atoms with Crippen LogP contribution in [0.15, 0.2) is 24.5 Å². The van der Waals surface area contributed by atoms with Gasteiger partial charge in [0.05, 0.1) is 17.4 Å². The van der Waals surface area contributed by atoms with E-state index in [1.807, 2.05) is 0 Å². The second-order valence-electron chi connectivity index (χ2n) is 6.20. The van der Waals surface area contributed by atoms with Crippen LogP contribution in [0.25, 0.3) is 10.9 Å². The van der Waals surface area contributed by atoms with Crippen molar-refractivity contribution in [1.29, 1.82) is 4.78 Å². The number of nitrogens with one attached hydrogen (secondary N) is 2. The quantitative estimate of drug-likeness (QED) is 0.447. The minimum atomic E-state index is -5.11. The number of H-pyrrole nitrogens is 1. The topological polar surface area (TPSA) is 153 Å². The predicted molar refractivity (Wildman–Crippen MR) is 91.5 cm³/mol. The number of nitrogens with two attached hydrogens (primary N) is 1. The predicted octanol–water partition coefficient (Wildman–Crippen LogP) is 1.55. The first-order valence-corrected chi connectivity index (χ1v) is 9.71. The third kappa shape index (κ3) is 4.76. The van der Waals surface area contributed by atoms with Gasteiger partial charge in [-0.1, -0.05) is 0 Å². The third-order valence-corrected chi connectivity index (χ3v) is 5.96. The molecule has 2 rings (SSSR count). The van der Waals surface area contributed by atoms with Crippen LogP contribution in [-0.2, 0) is 20.1 Å². The lowest BCUT2D eigenvalue weighted by Gasteiger charge is -2.30. The second kappa shape index (κ2) is 7.44. The van der Waals surface area contributed by atoms with E-state index < -0.39 is 57.1 Å². The van der Waals surface area contributed by atoms with Gasteiger partial charge in [-0.05, 0) is 18.6 Å². The van der Waals surface area contributed by atoms with Crippen LogP contribution in [0.2, 0.25) is 0 Å². The average molecular weight is 408 g/mol. The monoisotopic (exact) mass is 408 g/mol. The largest absolute Gasteiger partial charge is 0.480 e. The number of hydrogen-bond acceptors (Lipinski definition) is 6. The summed E-state index contributed by atoms with van der Waals surface area (Å²) < 4.78 is 60.6. The Hall–Kier alpha value is -2.18. The molecule has 8 nitrogen and oxygen atoms in total. The maximum Gasteiger partial charge on any atom is 0.423 e. The summed E-state index contributed by atoms with van der Waals surface area (Å²) in [5.74, 6) is -2.64. The van der Waals surface area contributed by atoms with E-state index in [9.17, 15) is 27.3 Å². The highest BCUT2D eigenvalue weighted by Crippen LogP contribution is 2.41. The smallest absolute Gasteiger partial charge is 0.423 e. The lowest BCUT2D eigenvalue weighted by Crippen LogP contribution is -2.44. The zero-order valence-corrected chi connectivity index (χ0v) is 14.8. The maximum atomic E-state index is 13.6. The molecular weight excluding hydrogens is 389 g/mol. The first-order valence-electron chi connectivity index (χ1n) is 7.81. The summed E-state index contributed by atoms with van der Waals surface area (Å²) in [7, 11) is -3.58. The molecule has 27 heavy (non-hydrogen) atoms. The first-order chi connectivity index (χ1) is 12.4. The number of aromatic amines is 1. The Morgan fingerprint density at radius 2 is 2.07 bits per heavy atom. The third-order valence-electron chi connectivity index (χ3n) is 4.20. The van der Waals surface area contributed by atoms with Crippen LogP contribution in [0.4, 0.5) is 13.2 Å². The zero-order valence-electron chi connectivity index (χ0n) is 14.0. The van der Waals surface area contributed by atoms with Gasteiger partial charge in [-0.25, -0.2) is 4.21 Å². The molecule has 2 aromatic rings. The fraction of sp³-hybridized carbons (Fsp3) is 0.467. The van der Waals surface area contributed by atoms with Gasteiger partial charge in [0.25, 0.3) is 0 Å². The molecule has 0 spiro atoms. The van der Waals surface area contributed by atoms with Crippen LogP contribution < -0.4 is 5.73 Å². The van der Waals surface area contributed by atoms with Crippen molar-refractivity contribution >= 4 is 26.6 Å². The number of alkyl halides is 3. The van der Waals surface area contributed by atoms with Crippen molar-refractivity contribution in [3.8, 4) is 0 Å².